The van der Waals surface area contributed by atoms with Gasteiger partial charge in [-0.25, -0.2) is 0 Å². The van der Waals surface area contributed by atoms with Crippen molar-refractivity contribution in [2.75, 3.05) is 0 Å². The van der Waals surface area contributed by atoms with Gasteiger partial charge in [-0.3, -0.25) is 4.68 Å². The third-order valence-electron chi connectivity index (χ3n) is 3.03. The summed E-state index contributed by atoms with van der Waals surface area (Å²) in [4.78, 5) is 0. The van der Waals surface area contributed by atoms with Crippen molar-refractivity contribution < 1.29 is 5.11 Å². The summed E-state index contributed by atoms with van der Waals surface area (Å²) >= 11 is 0. The first-order valence-electron chi connectivity index (χ1n) is 6.14. The van der Waals surface area contributed by atoms with E-state index in [9.17, 15) is 5.11 Å². The van der Waals surface area contributed by atoms with Crippen LogP contribution in [-0.2, 0) is 12.0 Å². The molecule has 0 aliphatic carbocycles. The molecule has 1 atom stereocenters. The standard InChI is InChI=1S/C13H24N2O/c1-7-9(3)11-12(16)10(8-2)15(14-11)13(4,5)6/h9,16H,7-8H2,1-6H3. The van der Waals surface area contributed by atoms with Crippen LogP contribution < -0.4 is 0 Å². The van der Waals surface area contributed by atoms with Crippen molar-refractivity contribution in [1.29, 1.82) is 0 Å². The fourth-order valence-corrected chi connectivity index (χ4v) is 1.86. The van der Waals surface area contributed by atoms with Crippen LogP contribution in [0, 0.1) is 0 Å². The Morgan fingerprint density at radius 3 is 2.19 bits per heavy atom. The van der Waals surface area contributed by atoms with Crippen LogP contribution in [0.1, 0.15) is 65.3 Å². The molecule has 3 nitrogen and oxygen atoms in total. The second-order valence-electron chi connectivity index (χ2n) is 5.43. The first kappa shape index (κ1) is 13.1. The molecule has 0 spiro atoms. The van der Waals surface area contributed by atoms with Gasteiger partial charge in [0.2, 0.25) is 0 Å². The van der Waals surface area contributed by atoms with E-state index in [1.54, 1.807) is 0 Å². The highest BCUT2D eigenvalue weighted by molar-refractivity contribution is 5.35. The van der Waals surface area contributed by atoms with Crippen LogP contribution in [0.15, 0.2) is 0 Å². The zero-order valence-corrected chi connectivity index (χ0v) is 11.3. The second-order valence-corrected chi connectivity index (χ2v) is 5.43. The van der Waals surface area contributed by atoms with Crippen molar-refractivity contribution in [1.82, 2.24) is 9.78 Å². The molecule has 1 unspecified atom stereocenters. The van der Waals surface area contributed by atoms with Crippen molar-refractivity contribution in [2.24, 2.45) is 0 Å². The molecule has 16 heavy (non-hydrogen) atoms. The average molecular weight is 224 g/mol. The summed E-state index contributed by atoms with van der Waals surface area (Å²) in [6, 6.07) is 0. The molecule has 1 aromatic heterocycles. The number of hydrogen-bond acceptors (Lipinski definition) is 2. The third-order valence-corrected chi connectivity index (χ3v) is 3.03. The molecule has 0 saturated heterocycles. The first-order chi connectivity index (χ1) is 7.32. The van der Waals surface area contributed by atoms with E-state index in [4.69, 9.17) is 0 Å². The normalized spacial score (nSPS) is 14.1. The number of hydrogen-bond donors (Lipinski definition) is 1. The lowest BCUT2D eigenvalue weighted by Crippen LogP contribution is -2.25. The Bertz CT molecular complexity index is 361. The van der Waals surface area contributed by atoms with Gasteiger partial charge in [-0.15, -0.1) is 0 Å². The maximum atomic E-state index is 10.2. The van der Waals surface area contributed by atoms with Crippen LogP contribution in [0.2, 0.25) is 0 Å². The summed E-state index contributed by atoms with van der Waals surface area (Å²) in [5, 5.41) is 14.8. The van der Waals surface area contributed by atoms with Crippen LogP contribution in [0.25, 0.3) is 0 Å². The molecule has 3 heteroatoms. The van der Waals surface area contributed by atoms with E-state index in [0.717, 1.165) is 24.2 Å². The Hall–Kier alpha value is -0.990. The molecule has 0 aliphatic rings. The van der Waals surface area contributed by atoms with Crippen LogP contribution in [0.3, 0.4) is 0 Å². The van der Waals surface area contributed by atoms with Gasteiger partial charge >= 0.3 is 0 Å². The Morgan fingerprint density at radius 1 is 1.31 bits per heavy atom. The predicted octanol–water partition coefficient (Wildman–Crippen LogP) is 3.42. The number of nitrogens with zero attached hydrogens (tertiary/aromatic N) is 2. The fraction of sp³-hybridized carbons (Fsp3) is 0.769. The highest BCUT2D eigenvalue weighted by atomic mass is 16.3. The molecule has 0 aromatic carbocycles. The minimum absolute atomic E-state index is 0.0749. The zero-order valence-electron chi connectivity index (χ0n) is 11.3. The van der Waals surface area contributed by atoms with Gasteiger partial charge in [-0.2, -0.15) is 5.10 Å². The smallest absolute Gasteiger partial charge is 0.160 e. The highest BCUT2D eigenvalue weighted by Gasteiger charge is 2.25. The lowest BCUT2D eigenvalue weighted by molar-refractivity contribution is 0.338. The molecular formula is C13H24N2O. The molecule has 0 amide bonds. The van der Waals surface area contributed by atoms with Gasteiger partial charge in [0, 0.05) is 5.92 Å². The van der Waals surface area contributed by atoms with Gasteiger partial charge in [-0.1, -0.05) is 20.8 Å². The van der Waals surface area contributed by atoms with Gasteiger partial charge in [-0.05, 0) is 33.6 Å². The largest absolute Gasteiger partial charge is 0.504 e. The van der Waals surface area contributed by atoms with Crippen molar-refractivity contribution in [3.63, 3.8) is 0 Å². The number of rotatable bonds is 3. The molecule has 92 valence electrons. The summed E-state index contributed by atoms with van der Waals surface area (Å²) in [6.45, 7) is 12.6. The third kappa shape index (κ3) is 2.23. The number of aromatic hydroxyl groups is 1. The van der Waals surface area contributed by atoms with E-state index < -0.39 is 0 Å². The Morgan fingerprint density at radius 2 is 1.88 bits per heavy atom. The second kappa shape index (κ2) is 4.48. The molecule has 1 aromatic rings. The van der Waals surface area contributed by atoms with Crippen LogP contribution >= 0.6 is 0 Å². The minimum Gasteiger partial charge on any atom is -0.504 e. The first-order valence-corrected chi connectivity index (χ1v) is 6.14. The Kier molecular flexibility index (Phi) is 3.66. The van der Waals surface area contributed by atoms with Gasteiger partial charge < -0.3 is 5.11 Å². The lowest BCUT2D eigenvalue weighted by atomic mass is 10.0. The van der Waals surface area contributed by atoms with Gasteiger partial charge in [0.15, 0.2) is 5.75 Å². The van der Waals surface area contributed by atoms with Crippen molar-refractivity contribution in [3.8, 4) is 5.75 Å². The van der Waals surface area contributed by atoms with Gasteiger partial charge in [0.25, 0.3) is 0 Å². The molecule has 0 bridgehead atoms. The Labute approximate surface area is 98.5 Å². The number of aromatic nitrogens is 2. The summed E-state index contributed by atoms with van der Waals surface area (Å²) in [5.41, 5.74) is 1.71. The molecule has 0 saturated carbocycles. The minimum atomic E-state index is -0.0749. The van der Waals surface area contributed by atoms with Gasteiger partial charge in [0.1, 0.15) is 5.69 Å². The summed E-state index contributed by atoms with van der Waals surface area (Å²) < 4.78 is 1.96. The molecule has 1 N–H and O–H groups in total. The van der Waals surface area contributed by atoms with E-state index in [-0.39, 0.29) is 5.54 Å². The molecule has 0 fully saturated rings. The van der Waals surface area contributed by atoms with Crippen molar-refractivity contribution in [2.45, 2.75) is 65.8 Å². The monoisotopic (exact) mass is 224 g/mol. The Balaban J connectivity index is 3.31. The van der Waals surface area contributed by atoms with Crippen molar-refractivity contribution >= 4 is 0 Å². The quantitative estimate of drug-likeness (QED) is 0.854. The molecule has 1 heterocycles. The van der Waals surface area contributed by atoms with Crippen molar-refractivity contribution in [3.05, 3.63) is 11.4 Å². The molecule has 1 rings (SSSR count). The summed E-state index contributed by atoms with van der Waals surface area (Å²) in [5.74, 6) is 0.709. The topological polar surface area (TPSA) is 38.1 Å². The van der Waals surface area contributed by atoms with E-state index in [0.29, 0.717) is 11.7 Å². The fourth-order valence-electron chi connectivity index (χ4n) is 1.86. The SMILES string of the molecule is CCc1c(O)c(C(C)CC)nn1C(C)(C)C. The van der Waals surface area contributed by atoms with Crippen LogP contribution in [0.5, 0.6) is 5.75 Å². The van der Waals surface area contributed by atoms with E-state index in [2.05, 4.69) is 46.6 Å². The predicted molar refractivity (Wildman–Crippen MR) is 67.0 cm³/mol. The van der Waals surface area contributed by atoms with E-state index in [1.807, 2.05) is 4.68 Å². The van der Waals surface area contributed by atoms with E-state index in [1.165, 1.54) is 0 Å². The van der Waals surface area contributed by atoms with Crippen LogP contribution in [-0.4, -0.2) is 14.9 Å². The molecule has 0 aliphatic heterocycles. The molecule has 0 radical (unpaired) electrons. The van der Waals surface area contributed by atoms with Crippen LogP contribution in [0.4, 0.5) is 0 Å². The average Bonchev–Trinajstić information content (AvgIpc) is 2.53. The summed E-state index contributed by atoms with van der Waals surface area (Å²) in [7, 11) is 0. The lowest BCUT2D eigenvalue weighted by Gasteiger charge is -2.21. The maximum absolute atomic E-state index is 10.2. The zero-order chi connectivity index (χ0) is 12.5. The summed E-state index contributed by atoms with van der Waals surface area (Å²) in [6.07, 6.45) is 1.81. The highest BCUT2D eigenvalue weighted by Crippen LogP contribution is 2.33. The molecular weight excluding hydrogens is 200 g/mol. The van der Waals surface area contributed by atoms with E-state index >= 15 is 0 Å². The maximum Gasteiger partial charge on any atom is 0.160 e. The van der Waals surface area contributed by atoms with Gasteiger partial charge in [0.05, 0.1) is 11.2 Å².